The molecule has 0 radical (unpaired) electrons. The number of rotatable bonds is 10. The van der Waals surface area contributed by atoms with E-state index in [4.69, 9.17) is 4.74 Å². The standard InChI is InChI=1S/C21H28N2O4S/c1-4-8-17(3)23-21(24)15-27-20-12-11-19(13-16(20)2)28(25,26)22-14-18-9-6-5-7-10-18/h5-7,9-13,17,22H,4,8,14-15H2,1-3H3,(H,23,24)/t17-/m0/s1. The fourth-order valence-electron chi connectivity index (χ4n) is 2.77. The van der Waals surface area contributed by atoms with E-state index < -0.39 is 10.0 Å². The Kier molecular flexibility index (Phi) is 8.02. The lowest BCUT2D eigenvalue weighted by atomic mass is 10.2. The number of sulfonamides is 1. The lowest BCUT2D eigenvalue weighted by Gasteiger charge is -2.14. The first-order chi connectivity index (χ1) is 13.3. The van der Waals surface area contributed by atoms with E-state index in [0.717, 1.165) is 18.4 Å². The van der Waals surface area contributed by atoms with Crippen molar-refractivity contribution in [2.24, 2.45) is 0 Å². The van der Waals surface area contributed by atoms with Gasteiger partial charge in [-0.2, -0.15) is 0 Å². The first-order valence-electron chi connectivity index (χ1n) is 9.38. The van der Waals surface area contributed by atoms with Crippen molar-refractivity contribution in [2.75, 3.05) is 6.61 Å². The van der Waals surface area contributed by atoms with Crippen LogP contribution in [0.4, 0.5) is 0 Å². The van der Waals surface area contributed by atoms with E-state index in [1.807, 2.05) is 37.3 Å². The zero-order valence-electron chi connectivity index (χ0n) is 16.6. The van der Waals surface area contributed by atoms with Crippen LogP contribution in [0, 0.1) is 6.92 Å². The van der Waals surface area contributed by atoms with Crippen molar-refractivity contribution >= 4 is 15.9 Å². The molecule has 0 saturated carbocycles. The van der Waals surface area contributed by atoms with Crippen LogP contribution in [0.1, 0.15) is 37.8 Å². The molecule has 0 aliphatic heterocycles. The summed E-state index contributed by atoms with van der Waals surface area (Å²) in [6, 6.07) is 14.0. The van der Waals surface area contributed by atoms with Gasteiger partial charge >= 0.3 is 0 Å². The second-order valence-corrected chi connectivity index (χ2v) is 8.55. The summed E-state index contributed by atoms with van der Waals surface area (Å²) in [5.74, 6) is 0.293. The Hall–Kier alpha value is -2.38. The number of aryl methyl sites for hydroxylation is 1. The van der Waals surface area contributed by atoms with Gasteiger partial charge in [-0.3, -0.25) is 4.79 Å². The Balaban J connectivity index is 1.96. The minimum atomic E-state index is -3.64. The van der Waals surface area contributed by atoms with Crippen LogP contribution >= 0.6 is 0 Å². The highest BCUT2D eigenvalue weighted by molar-refractivity contribution is 7.89. The third-order valence-electron chi connectivity index (χ3n) is 4.25. The smallest absolute Gasteiger partial charge is 0.258 e. The summed E-state index contributed by atoms with van der Waals surface area (Å²) in [5, 5.41) is 2.87. The lowest BCUT2D eigenvalue weighted by molar-refractivity contribution is -0.123. The second-order valence-electron chi connectivity index (χ2n) is 6.78. The molecule has 0 aromatic heterocycles. The van der Waals surface area contributed by atoms with Crippen molar-refractivity contribution in [3.63, 3.8) is 0 Å². The van der Waals surface area contributed by atoms with E-state index in [2.05, 4.69) is 17.0 Å². The van der Waals surface area contributed by atoms with E-state index in [1.54, 1.807) is 19.1 Å². The molecule has 0 saturated heterocycles. The summed E-state index contributed by atoms with van der Waals surface area (Å²) in [7, 11) is -3.64. The summed E-state index contributed by atoms with van der Waals surface area (Å²) >= 11 is 0. The molecular formula is C21H28N2O4S. The Bertz CT molecular complexity index is 883. The molecule has 7 heteroatoms. The number of hydrogen-bond acceptors (Lipinski definition) is 4. The minimum absolute atomic E-state index is 0.102. The molecular weight excluding hydrogens is 376 g/mol. The highest BCUT2D eigenvalue weighted by Crippen LogP contribution is 2.22. The number of carbonyl (C=O) groups excluding carboxylic acids is 1. The van der Waals surface area contributed by atoms with E-state index in [0.29, 0.717) is 11.3 Å². The van der Waals surface area contributed by atoms with E-state index in [-0.39, 0.29) is 30.0 Å². The van der Waals surface area contributed by atoms with Gasteiger partial charge in [-0.1, -0.05) is 43.7 Å². The van der Waals surface area contributed by atoms with Gasteiger partial charge in [-0.05, 0) is 49.6 Å². The molecule has 0 aliphatic rings. The van der Waals surface area contributed by atoms with Crippen LogP contribution in [-0.2, 0) is 21.4 Å². The Morgan fingerprint density at radius 1 is 1.14 bits per heavy atom. The largest absolute Gasteiger partial charge is 0.484 e. The molecule has 0 heterocycles. The molecule has 2 aromatic carbocycles. The minimum Gasteiger partial charge on any atom is -0.484 e. The van der Waals surface area contributed by atoms with Crippen molar-refractivity contribution in [1.82, 2.24) is 10.0 Å². The van der Waals surface area contributed by atoms with Crippen LogP contribution in [0.25, 0.3) is 0 Å². The summed E-state index contributed by atoms with van der Waals surface area (Å²) < 4.78 is 33.1. The summed E-state index contributed by atoms with van der Waals surface area (Å²) in [6.45, 7) is 5.88. The average molecular weight is 405 g/mol. The molecule has 2 rings (SSSR count). The molecule has 0 fully saturated rings. The second kappa shape index (κ2) is 10.2. The molecule has 1 amide bonds. The number of ether oxygens (including phenoxy) is 1. The maximum Gasteiger partial charge on any atom is 0.258 e. The molecule has 152 valence electrons. The number of benzene rings is 2. The quantitative estimate of drug-likeness (QED) is 0.637. The van der Waals surface area contributed by atoms with Crippen LogP contribution in [0.5, 0.6) is 5.75 Å². The monoisotopic (exact) mass is 404 g/mol. The highest BCUT2D eigenvalue weighted by Gasteiger charge is 2.16. The number of amides is 1. The zero-order valence-corrected chi connectivity index (χ0v) is 17.4. The summed E-state index contributed by atoms with van der Waals surface area (Å²) in [5.41, 5.74) is 1.53. The van der Waals surface area contributed by atoms with Crippen LogP contribution < -0.4 is 14.8 Å². The van der Waals surface area contributed by atoms with Gasteiger partial charge in [0.2, 0.25) is 10.0 Å². The molecule has 6 nitrogen and oxygen atoms in total. The molecule has 0 bridgehead atoms. The van der Waals surface area contributed by atoms with Crippen molar-refractivity contribution in [3.05, 3.63) is 59.7 Å². The molecule has 1 atom stereocenters. The lowest BCUT2D eigenvalue weighted by Crippen LogP contribution is -2.36. The van der Waals surface area contributed by atoms with Crippen molar-refractivity contribution in [3.8, 4) is 5.75 Å². The van der Waals surface area contributed by atoms with Gasteiger partial charge in [0, 0.05) is 12.6 Å². The van der Waals surface area contributed by atoms with Crippen molar-refractivity contribution < 1.29 is 17.9 Å². The molecule has 28 heavy (non-hydrogen) atoms. The first-order valence-corrected chi connectivity index (χ1v) is 10.9. The fraction of sp³-hybridized carbons (Fsp3) is 0.381. The maximum atomic E-state index is 12.5. The number of carbonyl (C=O) groups is 1. The van der Waals surface area contributed by atoms with Crippen LogP contribution in [0.3, 0.4) is 0 Å². The molecule has 0 aliphatic carbocycles. The predicted octanol–water partition coefficient (Wildman–Crippen LogP) is 3.16. The van der Waals surface area contributed by atoms with Gasteiger partial charge in [0.15, 0.2) is 6.61 Å². The average Bonchev–Trinajstić information content (AvgIpc) is 2.66. The molecule has 0 spiro atoms. The highest BCUT2D eigenvalue weighted by atomic mass is 32.2. The number of hydrogen-bond donors (Lipinski definition) is 2. The van der Waals surface area contributed by atoms with Gasteiger partial charge < -0.3 is 10.1 Å². The summed E-state index contributed by atoms with van der Waals surface area (Å²) in [6.07, 6.45) is 1.91. The number of nitrogens with one attached hydrogen (secondary N) is 2. The van der Waals surface area contributed by atoms with Crippen molar-refractivity contribution in [2.45, 2.75) is 51.1 Å². The van der Waals surface area contributed by atoms with Gasteiger partial charge in [0.05, 0.1) is 4.90 Å². The fourth-order valence-corrected chi connectivity index (χ4v) is 3.88. The topological polar surface area (TPSA) is 84.5 Å². The molecule has 2 N–H and O–H groups in total. The SMILES string of the molecule is CCC[C@H](C)NC(=O)COc1ccc(S(=O)(=O)NCc2ccccc2)cc1C. The third kappa shape index (κ3) is 6.65. The normalized spacial score (nSPS) is 12.4. The Morgan fingerprint density at radius 3 is 2.50 bits per heavy atom. The zero-order chi connectivity index (χ0) is 20.6. The van der Waals surface area contributed by atoms with E-state index in [1.165, 1.54) is 6.07 Å². The molecule has 0 unspecified atom stereocenters. The summed E-state index contributed by atoms with van der Waals surface area (Å²) in [4.78, 5) is 12.1. The maximum absolute atomic E-state index is 12.5. The van der Waals surface area contributed by atoms with E-state index >= 15 is 0 Å². The van der Waals surface area contributed by atoms with Crippen LogP contribution in [0.15, 0.2) is 53.4 Å². The predicted molar refractivity (Wildman–Crippen MR) is 110 cm³/mol. The van der Waals surface area contributed by atoms with Gasteiger partial charge in [0.1, 0.15) is 5.75 Å². The van der Waals surface area contributed by atoms with Crippen LogP contribution in [-0.4, -0.2) is 27.0 Å². The molecule has 2 aromatic rings. The Labute approximate surface area is 167 Å². The van der Waals surface area contributed by atoms with Gasteiger partial charge in [-0.15, -0.1) is 0 Å². The van der Waals surface area contributed by atoms with E-state index in [9.17, 15) is 13.2 Å². The van der Waals surface area contributed by atoms with Gasteiger partial charge in [0.25, 0.3) is 5.91 Å². The third-order valence-corrected chi connectivity index (χ3v) is 5.65. The first kappa shape index (κ1) is 21.9. The van der Waals surface area contributed by atoms with Crippen LogP contribution in [0.2, 0.25) is 0 Å². The Morgan fingerprint density at radius 2 is 1.86 bits per heavy atom. The van der Waals surface area contributed by atoms with Crippen molar-refractivity contribution in [1.29, 1.82) is 0 Å². The van der Waals surface area contributed by atoms with Gasteiger partial charge in [-0.25, -0.2) is 13.1 Å².